The SMILES string of the molecule is Cc1ccccc1[C@]1(O)CCCC[C@@H]1C. The molecule has 1 nitrogen and oxygen atoms in total. The second-order valence-electron chi connectivity index (χ2n) is 4.89. The third kappa shape index (κ3) is 1.81. The first kappa shape index (κ1) is 10.7. The molecule has 0 amide bonds. The first-order valence-electron chi connectivity index (χ1n) is 5.93. The van der Waals surface area contributed by atoms with Crippen molar-refractivity contribution in [1.82, 2.24) is 0 Å². The quantitative estimate of drug-likeness (QED) is 0.743. The summed E-state index contributed by atoms with van der Waals surface area (Å²) in [6.45, 7) is 4.26. The van der Waals surface area contributed by atoms with Crippen LogP contribution < -0.4 is 0 Å². The van der Waals surface area contributed by atoms with E-state index in [2.05, 4.69) is 26.0 Å². The van der Waals surface area contributed by atoms with Gasteiger partial charge in [-0.2, -0.15) is 0 Å². The van der Waals surface area contributed by atoms with Gasteiger partial charge in [0.2, 0.25) is 0 Å². The first-order valence-corrected chi connectivity index (χ1v) is 5.93. The summed E-state index contributed by atoms with van der Waals surface area (Å²) in [6, 6.07) is 8.24. The Kier molecular flexibility index (Phi) is 2.83. The Morgan fingerprint density at radius 3 is 2.67 bits per heavy atom. The molecule has 1 heteroatoms. The number of hydrogen-bond donors (Lipinski definition) is 1. The normalized spacial score (nSPS) is 31.5. The van der Waals surface area contributed by atoms with Crippen LogP contribution in [0.1, 0.15) is 43.7 Å². The Morgan fingerprint density at radius 2 is 2.00 bits per heavy atom. The van der Waals surface area contributed by atoms with Gasteiger partial charge in [0.1, 0.15) is 0 Å². The Labute approximate surface area is 92.1 Å². The van der Waals surface area contributed by atoms with Gasteiger partial charge in [-0.15, -0.1) is 0 Å². The maximum Gasteiger partial charge on any atom is 0.0924 e. The molecule has 0 aliphatic heterocycles. The van der Waals surface area contributed by atoms with Crippen LogP contribution in [-0.4, -0.2) is 5.11 Å². The average Bonchev–Trinajstić information content (AvgIpc) is 2.23. The van der Waals surface area contributed by atoms with Gasteiger partial charge in [0, 0.05) is 0 Å². The summed E-state index contributed by atoms with van der Waals surface area (Å²) in [5.41, 5.74) is 1.77. The van der Waals surface area contributed by atoms with Crippen molar-refractivity contribution in [2.75, 3.05) is 0 Å². The lowest BCUT2D eigenvalue weighted by molar-refractivity contribution is -0.0474. The second kappa shape index (κ2) is 3.97. The van der Waals surface area contributed by atoms with E-state index in [1.807, 2.05) is 12.1 Å². The molecule has 2 rings (SSSR count). The molecule has 1 aromatic rings. The molecule has 1 aliphatic carbocycles. The molecule has 0 spiro atoms. The molecular weight excluding hydrogens is 184 g/mol. The van der Waals surface area contributed by atoms with Gasteiger partial charge in [0.15, 0.2) is 0 Å². The molecule has 0 radical (unpaired) electrons. The smallest absolute Gasteiger partial charge is 0.0924 e. The van der Waals surface area contributed by atoms with Crippen LogP contribution in [0.3, 0.4) is 0 Å². The van der Waals surface area contributed by atoms with Crippen LogP contribution in [0.15, 0.2) is 24.3 Å². The van der Waals surface area contributed by atoms with Gasteiger partial charge < -0.3 is 5.11 Å². The zero-order valence-corrected chi connectivity index (χ0v) is 9.66. The number of aliphatic hydroxyl groups is 1. The fourth-order valence-corrected chi connectivity index (χ4v) is 2.79. The maximum atomic E-state index is 10.8. The molecule has 0 saturated heterocycles. The Morgan fingerprint density at radius 1 is 1.27 bits per heavy atom. The molecule has 1 aliphatic rings. The van der Waals surface area contributed by atoms with E-state index < -0.39 is 5.60 Å². The molecule has 82 valence electrons. The molecule has 1 fully saturated rings. The lowest BCUT2D eigenvalue weighted by atomic mass is 9.71. The van der Waals surface area contributed by atoms with Crippen LogP contribution in [0, 0.1) is 12.8 Å². The summed E-state index contributed by atoms with van der Waals surface area (Å²) < 4.78 is 0. The van der Waals surface area contributed by atoms with Crippen molar-refractivity contribution < 1.29 is 5.11 Å². The standard InChI is InChI=1S/C14H20O/c1-11-7-3-4-9-13(11)14(15)10-6-5-8-12(14)2/h3-4,7,9,12,15H,5-6,8,10H2,1-2H3/t12-,14-/m0/s1. The minimum atomic E-state index is -0.580. The van der Waals surface area contributed by atoms with E-state index in [0.29, 0.717) is 5.92 Å². The highest BCUT2D eigenvalue weighted by molar-refractivity contribution is 5.32. The van der Waals surface area contributed by atoms with E-state index in [0.717, 1.165) is 24.8 Å². The van der Waals surface area contributed by atoms with Gasteiger partial charge in [-0.1, -0.05) is 44.0 Å². The van der Waals surface area contributed by atoms with Gasteiger partial charge in [-0.05, 0) is 36.8 Å². The zero-order valence-electron chi connectivity index (χ0n) is 9.66. The largest absolute Gasteiger partial charge is 0.385 e. The van der Waals surface area contributed by atoms with Crippen LogP contribution in [0.25, 0.3) is 0 Å². The van der Waals surface area contributed by atoms with Crippen molar-refractivity contribution in [3.63, 3.8) is 0 Å². The fraction of sp³-hybridized carbons (Fsp3) is 0.571. The molecule has 0 heterocycles. The van der Waals surface area contributed by atoms with Gasteiger partial charge in [0.25, 0.3) is 0 Å². The van der Waals surface area contributed by atoms with Crippen LogP contribution in [-0.2, 0) is 5.60 Å². The topological polar surface area (TPSA) is 20.2 Å². The van der Waals surface area contributed by atoms with Gasteiger partial charge >= 0.3 is 0 Å². The monoisotopic (exact) mass is 204 g/mol. The molecule has 0 bridgehead atoms. The van der Waals surface area contributed by atoms with Gasteiger partial charge in [-0.25, -0.2) is 0 Å². The predicted molar refractivity (Wildman–Crippen MR) is 62.7 cm³/mol. The van der Waals surface area contributed by atoms with E-state index in [1.165, 1.54) is 12.0 Å². The summed E-state index contributed by atoms with van der Waals surface area (Å²) in [5, 5.41) is 10.8. The number of rotatable bonds is 1. The van der Waals surface area contributed by atoms with Crippen molar-refractivity contribution in [3.8, 4) is 0 Å². The van der Waals surface area contributed by atoms with Gasteiger partial charge in [-0.3, -0.25) is 0 Å². The Balaban J connectivity index is 2.39. The van der Waals surface area contributed by atoms with Crippen molar-refractivity contribution in [2.24, 2.45) is 5.92 Å². The molecule has 0 aromatic heterocycles. The molecule has 1 N–H and O–H groups in total. The third-order valence-corrected chi connectivity index (χ3v) is 3.87. The van der Waals surface area contributed by atoms with E-state index in [1.54, 1.807) is 0 Å². The molecule has 0 unspecified atom stereocenters. The zero-order chi connectivity index (χ0) is 10.9. The molecule has 1 aromatic carbocycles. The first-order chi connectivity index (χ1) is 7.14. The highest BCUT2D eigenvalue weighted by Gasteiger charge is 2.38. The van der Waals surface area contributed by atoms with E-state index >= 15 is 0 Å². The predicted octanol–water partition coefficient (Wildman–Crippen LogP) is 3.39. The summed E-state index contributed by atoms with van der Waals surface area (Å²) in [4.78, 5) is 0. The van der Waals surface area contributed by atoms with Crippen LogP contribution >= 0.6 is 0 Å². The summed E-state index contributed by atoms with van der Waals surface area (Å²) in [5.74, 6) is 0.382. The fourth-order valence-electron chi connectivity index (χ4n) is 2.79. The minimum absolute atomic E-state index is 0.382. The molecule has 2 atom stereocenters. The highest BCUT2D eigenvalue weighted by Crippen LogP contribution is 2.42. The van der Waals surface area contributed by atoms with Gasteiger partial charge in [0.05, 0.1) is 5.60 Å². The summed E-state index contributed by atoms with van der Waals surface area (Å²) in [7, 11) is 0. The van der Waals surface area contributed by atoms with Crippen LogP contribution in [0.4, 0.5) is 0 Å². The van der Waals surface area contributed by atoms with E-state index in [9.17, 15) is 5.11 Å². The van der Waals surface area contributed by atoms with Crippen molar-refractivity contribution in [2.45, 2.75) is 45.1 Å². The maximum absolute atomic E-state index is 10.8. The lowest BCUT2D eigenvalue weighted by Crippen LogP contribution is -2.36. The number of hydrogen-bond acceptors (Lipinski definition) is 1. The number of aryl methyl sites for hydroxylation is 1. The van der Waals surface area contributed by atoms with Crippen molar-refractivity contribution >= 4 is 0 Å². The molecule has 1 saturated carbocycles. The lowest BCUT2D eigenvalue weighted by Gasteiger charge is -2.39. The van der Waals surface area contributed by atoms with E-state index in [4.69, 9.17) is 0 Å². The Bertz CT molecular complexity index is 345. The summed E-state index contributed by atoms with van der Waals surface area (Å²) in [6.07, 6.45) is 4.47. The van der Waals surface area contributed by atoms with Crippen LogP contribution in [0.2, 0.25) is 0 Å². The average molecular weight is 204 g/mol. The van der Waals surface area contributed by atoms with E-state index in [-0.39, 0.29) is 0 Å². The highest BCUT2D eigenvalue weighted by atomic mass is 16.3. The summed E-state index contributed by atoms with van der Waals surface area (Å²) >= 11 is 0. The van der Waals surface area contributed by atoms with Crippen molar-refractivity contribution in [1.29, 1.82) is 0 Å². The third-order valence-electron chi connectivity index (χ3n) is 3.87. The molecular formula is C14H20O. The molecule has 15 heavy (non-hydrogen) atoms. The second-order valence-corrected chi connectivity index (χ2v) is 4.89. The van der Waals surface area contributed by atoms with Crippen LogP contribution in [0.5, 0.6) is 0 Å². The number of benzene rings is 1. The van der Waals surface area contributed by atoms with Crippen molar-refractivity contribution in [3.05, 3.63) is 35.4 Å². The minimum Gasteiger partial charge on any atom is -0.385 e. The Hall–Kier alpha value is -0.820.